The van der Waals surface area contributed by atoms with Gasteiger partial charge in [-0.05, 0) is 19.1 Å². The number of H-pyrrole nitrogens is 1. The molecule has 0 aliphatic rings. The topological polar surface area (TPSA) is 92.0 Å². The van der Waals surface area contributed by atoms with Crippen LogP contribution < -0.4 is 0 Å². The summed E-state index contributed by atoms with van der Waals surface area (Å²) < 4.78 is 18.8. The molecule has 2 heterocycles. The highest BCUT2D eigenvalue weighted by atomic mass is 19.1. The molecule has 102 valence electrons. The van der Waals surface area contributed by atoms with Crippen molar-refractivity contribution < 1.29 is 18.7 Å². The molecule has 0 radical (unpaired) electrons. The zero-order chi connectivity index (χ0) is 14.4. The minimum absolute atomic E-state index is 0.183. The van der Waals surface area contributed by atoms with Crippen LogP contribution in [0.5, 0.6) is 0 Å². The second-order valence-electron chi connectivity index (χ2n) is 4.39. The summed E-state index contributed by atoms with van der Waals surface area (Å²) in [6.45, 7) is 3.44. The number of nitrogens with one attached hydrogen (secondary N) is 1. The Balaban J connectivity index is 2.28. The van der Waals surface area contributed by atoms with E-state index >= 15 is 0 Å². The second kappa shape index (κ2) is 4.16. The number of imidazole rings is 1. The molecule has 0 aliphatic heterocycles. The highest BCUT2D eigenvalue weighted by molar-refractivity contribution is 6.01. The Kier molecular flexibility index (Phi) is 2.56. The van der Waals surface area contributed by atoms with Crippen LogP contribution in [0, 0.1) is 19.7 Å². The molecule has 0 unspecified atom stereocenters. The molecule has 0 amide bonds. The van der Waals surface area contributed by atoms with Crippen molar-refractivity contribution in [3.63, 3.8) is 0 Å². The van der Waals surface area contributed by atoms with Gasteiger partial charge in [-0.15, -0.1) is 0 Å². The molecule has 6 nitrogen and oxygen atoms in total. The van der Waals surface area contributed by atoms with Crippen LogP contribution in [0.1, 0.15) is 21.9 Å². The number of rotatable bonds is 2. The number of halogens is 1. The number of fused-ring (bicyclic) bond motifs is 1. The first kappa shape index (κ1) is 12.3. The van der Waals surface area contributed by atoms with Crippen molar-refractivity contribution in [1.82, 2.24) is 15.0 Å². The molecule has 0 bridgehead atoms. The molecular weight excluding hydrogens is 265 g/mol. The molecule has 0 saturated carbocycles. The van der Waals surface area contributed by atoms with Crippen molar-refractivity contribution in [1.29, 1.82) is 0 Å². The summed E-state index contributed by atoms with van der Waals surface area (Å²) in [5.41, 5.74) is 0.906. The fraction of sp³-hybridized carbons (Fsp3) is 0.154. The van der Waals surface area contributed by atoms with Crippen LogP contribution in [0.15, 0.2) is 16.5 Å². The second-order valence-corrected chi connectivity index (χ2v) is 4.39. The standard InChI is InChI=1S/C13H10FN3O3/c1-5-11(20-6(2)15-5)12-16-9-4-7(14)3-8(13(18)19)10(9)17-12/h3-4H,1-2H3,(H,16,17)(H,18,19). The monoisotopic (exact) mass is 275 g/mol. The highest BCUT2D eigenvalue weighted by Crippen LogP contribution is 2.26. The SMILES string of the molecule is Cc1nc(C)c(-c2nc3c(C(=O)O)cc(F)cc3[nH]2)o1. The van der Waals surface area contributed by atoms with Crippen molar-refractivity contribution >= 4 is 17.0 Å². The first-order valence-corrected chi connectivity index (χ1v) is 5.82. The smallest absolute Gasteiger partial charge is 0.338 e. The largest absolute Gasteiger partial charge is 0.478 e. The third-order valence-electron chi connectivity index (χ3n) is 2.90. The maximum atomic E-state index is 13.4. The number of benzene rings is 1. The molecule has 20 heavy (non-hydrogen) atoms. The molecule has 0 aliphatic carbocycles. The Bertz CT molecular complexity index is 835. The minimum atomic E-state index is -1.24. The first-order chi connectivity index (χ1) is 9.45. The van der Waals surface area contributed by atoms with Gasteiger partial charge in [0.15, 0.2) is 17.5 Å². The van der Waals surface area contributed by atoms with Gasteiger partial charge < -0.3 is 14.5 Å². The van der Waals surface area contributed by atoms with E-state index in [2.05, 4.69) is 15.0 Å². The number of aromatic amines is 1. The van der Waals surface area contributed by atoms with Gasteiger partial charge in [-0.25, -0.2) is 19.2 Å². The van der Waals surface area contributed by atoms with Crippen molar-refractivity contribution in [2.45, 2.75) is 13.8 Å². The summed E-state index contributed by atoms with van der Waals surface area (Å²) in [4.78, 5) is 22.3. The summed E-state index contributed by atoms with van der Waals surface area (Å²) in [7, 11) is 0. The Labute approximate surface area is 112 Å². The first-order valence-electron chi connectivity index (χ1n) is 5.82. The summed E-state index contributed by atoms with van der Waals surface area (Å²) in [6, 6.07) is 2.13. The van der Waals surface area contributed by atoms with E-state index < -0.39 is 11.8 Å². The Morgan fingerprint density at radius 3 is 2.70 bits per heavy atom. The zero-order valence-corrected chi connectivity index (χ0v) is 10.7. The van der Waals surface area contributed by atoms with Gasteiger partial charge in [-0.1, -0.05) is 0 Å². The van der Waals surface area contributed by atoms with Crippen LogP contribution >= 0.6 is 0 Å². The van der Waals surface area contributed by atoms with E-state index in [1.54, 1.807) is 13.8 Å². The van der Waals surface area contributed by atoms with Gasteiger partial charge in [0, 0.05) is 6.92 Å². The van der Waals surface area contributed by atoms with Crippen molar-refractivity contribution in [2.24, 2.45) is 0 Å². The van der Waals surface area contributed by atoms with Crippen molar-refractivity contribution in [3.05, 3.63) is 35.1 Å². The number of hydrogen-bond donors (Lipinski definition) is 2. The number of aryl methyl sites for hydroxylation is 2. The lowest BCUT2D eigenvalue weighted by molar-refractivity contribution is 0.0698. The van der Waals surface area contributed by atoms with Gasteiger partial charge in [0.2, 0.25) is 0 Å². The maximum absolute atomic E-state index is 13.4. The number of hydrogen-bond acceptors (Lipinski definition) is 4. The van der Waals surface area contributed by atoms with Gasteiger partial charge in [0.25, 0.3) is 0 Å². The van der Waals surface area contributed by atoms with Gasteiger partial charge >= 0.3 is 5.97 Å². The summed E-state index contributed by atoms with van der Waals surface area (Å²) in [6.07, 6.45) is 0. The molecular formula is C13H10FN3O3. The van der Waals surface area contributed by atoms with Gasteiger partial charge in [-0.2, -0.15) is 0 Å². The molecule has 0 saturated heterocycles. The number of carboxylic acids is 1. The van der Waals surface area contributed by atoms with E-state index in [1.807, 2.05) is 0 Å². The number of oxazole rings is 1. The lowest BCUT2D eigenvalue weighted by Gasteiger charge is -1.95. The van der Waals surface area contributed by atoms with E-state index in [0.29, 0.717) is 28.7 Å². The number of aromatic carboxylic acids is 1. The molecule has 2 N–H and O–H groups in total. The van der Waals surface area contributed by atoms with Crippen LogP contribution in [-0.2, 0) is 0 Å². The third-order valence-corrected chi connectivity index (χ3v) is 2.90. The summed E-state index contributed by atoms with van der Waals surface area (Å²) >= 11 is 0. The third kappa shape index (κ3) is 1.83. The van der Waals surface area contributed by atoms with Crippen LogP contribution in [0.3, 0.4) is 0 Å². The zero-order valence-electron chi connectivity index (χ0n) is 10.7. The predicted molar refractivity (Wildman–Crippen MR) is 68.0 cm³/mol. The molecule has 2 aromatic heterocycles. The summed E-state index contributed by atoms with van der Waals surface area (Å²) in [5, 5.41) is 9.09. The van der Waals surface area contributed by atoms with Gasteiger partial charge in [-0.3, -0.25) is 0 Å². The Hall–Kier alpha value is -2.70. The maximum Gasteiger partial charge on any atom is 0.338 e. The van der Waals surface area contributed by atoms with Crippen LogP contribution in [0.25, 0.3) is 22.6 Å². The fourth-order valence-electron chi connectivity index (χ4n) is 2.10. The Morgan fingerprint density at radius 1 is 1.35 bits per heavy atom. The molecule has 3 aromatic rings. The highest BCUT2D eigenvalue weighted by Gasteiger charge is 2.18. The minimum Gasteiger partial charge on any atom is -0.478 e. The normalized spacial score (nSPS) is 11.2. The Morgan fingerprint density at radius 2 is 2.10 bits per heavy atom. The fourth-order valence-corrected chi connectivity index (χ4v) is 2.10. The lowest BCUT2D eigenvalue weighted by atomic mass is 10.2. The molecule has 1 aromatic carbocycles. The molecule has 0 spiro atoms. The quantitative estimate of drug-likeness (QED) is 0.750. The van der Waals surface area contributed by atoms with E-state index in [9.17, 15) is 9.18 Å². The predicted octanol–water partition coefficient (Wildman–Crippen LogP) is 2.67. The van der Waals surface area contributed by atoms with E-state index in [1.165, 1.54) is 6.07 Å². The van der Waals surface area contributed by atoms with Crippen molar-refractivity contribution in [3.8, 4) is 11.6 Å². The van der Waals surface area contributed by atoms with E-state index in [0.717, 1.165) is 6.07 Å². The molecule has 0 atom stereocenters. The van der Waals surface area contributed by atoms with Crippen LogP contribution in [0.4, 0.5) is 4.39 Å². The average molecular weight is 275 g/mol. The van der Waals surface area contributed by atoms with Crippen molar-refractivity contribution in [2.75, 3.05) is 0 Å². The molecule has 3 rings (SSSR count). The summed E-state index contributed by atoms with van der Waals surface area (Å²) in [5.74, 6) is -0.669. The van der Waals surface area contributed by atoms with Gasteiger partial charge in [0.05, 0.1) is 16.8 Å². The number of aromatic nitrogens is 3. The molecule has 7 heteroatoms. The van der Waals surface area contributed by atoms with Crippen LogP contribution in [-0.4, -0.2) is 26.0 Å². The van der Waals surface area contributed by atoms with Crippen LogP contribution in [0.2, 0.25) is 0 Å². The van der Waals surface area contributed by atoms with Gasteiger partial charge in [0.1, 0.15) is 11.3 Å². The van der Waals surface area contributed by atoms with E-state index in [4.69, 9.17) is 9.52 Å². The number of nitrogens with zero attached hydrogens (tertiary/aromatic N) is 2. The molecule has 0 fully saturated rings. The average Bonchev–Trinajstić information content (AvgIpc) is 2.90. The lowest BCUT2D eigenvalue weighted by Crippen LogP contribution is -1.98. The number of carbonyl (C=O) groups is 1. The van der Waals surface area contributed by atoms with E-state index in [-0.39, 0.29) is 11.1 Å². The number of carboxylic acid groups (broad SMARTS) is 1.